The SMILES string of the molecule is O=C1c2ccccc2C(=O)N1Sc1ccc(C2CCCCC2)cc1. The third kappa shape index (κ3) is 2.75. The van der Waals surface area contributed by atoms with E-state index in [1.54, 1.807) is 24.3 Å². The molecule has 0 N–H and O–H groups in total. The van der Waals surface area contributed by atoms with E-state index < -0.39 is 0 Å². The topological polar surface area (TPSA) is 37.4 Å². The van der Waals surface area contributed by atoms with Crippen molar-refractivity contribution in [3.8, 4) is 0 Å². The standard InChI is InChI=1S/C20H19NO2S/c22-19-17-8-4-5-9-18(17)20(23)21(19)24-16-12-10-15(11-13-16)14-6-2-1-3-7-14/h4-5,8-14H,1-3,6-7H2. The zero-order valence-electron chi connectivity index (χ0n) is 13.4. The van der Waals surface area contributed by atoms with Crippen LogP contribution in [-0.2, 0) is 0 Å². The van der Waals surface area contributed by atoms with Gasteiger partial charge in [-0.2, -0.15) is 0 Å². The fourth-order valence-corrected chi connectivity index (χ4v) is 4.42. The Morgan fingerprint density at radius 1 is 0.792 bits per heavy atom. The van der Waals surface area contributed by atoms with Crippen molar-refractivity contribution in [1.29, 1.82) is 0 Å². The van der Waals surface area contributed by atoms with E-state index in [1.165, 1.54) is 53.9 Å². The lowest BCUT2D eigenvalue weighted by molar-refractivity contribution is 0.0777. The number of carbonyl (C=O) groups excluding carboxylic acids is 2. The number of carbonyl (C=O) groups is 2. The summed E-state index contributed by atoms with van der Waals surface area (Å²) in [5, 5.41) is 0. The summed E-state index contributed by atoms with van der Waals surface area (Å²) in [4.78, 5) is 25.7. The number of imide groups is 1. The second kappa shape index (κ2) is 6.44. The molecule has 2 aromatic carbocycles. The molecule has 0 spiro atoms. The van der Waals surface area contributed by atoms with Gasteiger partial charge < -0.3 is 0 Å². The number of hydrogen-bond donors (Lipinski definition) is 0. The maximum atomic E-state index is 12.4. The normalized spacial score (nSPS) is 18.1. The number of benzene rings is 2. The molecule has 24 heavy (non-hydrogen) atoms. The van der Waals surface area contributed by atoms with Crippen molar-refractivity contribution in [2.24, 2.45) is 0 Å². The van der Waals surface area contributed by atoms with E-state index in [-0.39, 0.29) is 11.8 Å². The van der Waals surface area contributed by atoms with Gasteiger partial charge in [0.2, 0.25) is 0 Å². The van der Waals surface area contributed by atoms with Crippen molar-refractivity contribution in [2.75, 3.05) is 0 Å². The van der Waals surface area contributed by atoms with Crippen LogP contribution >= 0.6 is 11.9 Å². The Morgan fingerprint density at radius 2 is 1.38 bits per heavy atom. The first-order chi connectivity index (χ1) is 11.7. The molecule has 1 saturated carbocycles. The molecule has 0 saturated heterocycles. The van der Waals surface area contributed by atoms with E-state index >= 15 is 0 Å². The summed E-state index contributed by atoms with van der Waals surface area (Å²) in [7, 11) is 0. The summed E-state index contributed by atoms with van der Waals surface area (Å²) < 4.78 is 1.26. The Bertz CT molecular complexity index is 743. The Hall–Kier alpha value is -2.07. The summed E-state index contributed by atoms with van der Waals surface area (Å²) in [5.41, 5.74) is 2.36. The number of nitrogens with zero attached hydrogens (tertiary/aromatic N) is 1. The van der Waals surface area contributed by atoms with Crippen LogP contribution < -0.4 is 0 Å². The molecule has 2 amide bonds. The maximum Gasteiger partial charge on any atom is 0.272 e. The zero-order chi connectivity index (χ0) is 16.5. The van der Waals surface area contributed by atoms with Gasteiger partial charge in [-0.1, -0.05) is 43.5 Å². The molecular formula is C20H19NO2S. The number of rotatable bonds is 3. The van der Waals surface area contributed by atoms with Gasteiger partial charge in [-0.15, -0.1) is 0 Å². The van der Waals surface area contributed by atoms with E-state index in [4.69, 9.17) is 0 Å². The van der Waals surface area contributed by atoms with E-state index in [2.05, 4.69) is 12.1 Å². The molecule has 0 unspecified atom stereocenters. The van der Waals surface area contributed by atoms with Crippen LogP contribution in [0, 0.1) is 0 Å². The molecule has 2 aromatic rings. The smallest absolute Gasteiger partial charge is 0.268 e. The molecule has 1 heterocycles. The molecule has 3 nitrogen and oxygen atoms in total. The summed E-state index contributed by atoms with van der Waals surface area (Å²) >= 11 is 1.21. The first-order valence-electron chi connectivity index (χ1n) is 8.50. The average molecular weight is 337 g/mol. The van der Waals surface area contributed by atoms with Gasteiger partial charge in [0.15, 0.2) is 0 Å². The lowest BCUT2D eigenvalue weighted by Crippen LogP contribution is -2.21. The highest BCUT2D eigenvalue weighted by Crippen LogP contribution is 2.36. The highest BCUT2D eigenvalue weighted by molar-refractivity contribution is 7.98. The van der Waals surface area contributed by atoms with Gasteiger partial charge in [0, 0.05) is 4.90 Å². The van der Waals surface area contributed by atoms with Crippen molar-refractivity contribution in [2.45, 2.75) is 42.9 Å². The number of amides is 2. The largest absolute Gasteiger partial charge is 0.272 e. The number of fused-ring (bicyclic) bond motifs is 1. The summed E-state index contributed by atoms with van der Waals surface area (Å²) in [5.74, 6) is 0.214. The first kappa shape index (κ1) is 15.5. The second-order valence-corrected chi connectivity index (χ2v) is 7.46. The molecule has 1 aliphatic heterocycles. The van der Waals surface area contributed by atoms with Crippen LogP contribution in [-0.4, -0.2) is 16.1 Å². The molecule has 4 heteroatoms. The fraction of sp³-hybridized carbons (Fsp3) is 0.300. The highest BCUT2D eigenvalue weighted by Gasteiger charge is 2.36. The van der Waals surface area contributed by atoms with Crippen LogP contribution in [0.4, 0.5) is 0 Å². The Kier molecular flexibility index (Phi) is 4.15. The lowest BCUT2D eigenvalue weighted by atomic mass is 9.84. The van der Waals surface area contributed by atoms with Crippen LogP contribution in [0.3, 0.4) is 0 Å². The Morgan fingerprint density at radius 3 is 1.96 bits per heavy atom. The van der Waals surface area contributed by atoms with Gasteiger partial charge in [0.1, 0.15) is 0 Å². The van der Waals surface area contributed by atoms with Gasteiger partial charge in [-0.05, 0) is 60.5 Å². The molecule has 0 bridgehead atoms. The van der Waals surface area contributed by atoms with E-state index in [9.17, 15) is 9.59 Å². The molecule has 4 rings (SSSR count). The Balaban J connectivity index is 1.50. The van der Waals surface area contributed by atoms with Crippen molar-refractivity contribution in [3.05, 3.63) is 65.2 Å². The van der Waals surface area contributed by atoms with Crippen LogP contribution in [0.5, 0.6) is 0 Å². The minimum absolute atomic E-state index is 0.225. The molecule has 1 fully saturated rings. The van der Waals surface area contributed by atoms with Crippen molar-refractivity contribution >= 4 is 23.8 Å². The minimum atomic E-state index is -0.225. The van der Waals surface area contributed by atoms with Gasteiger partial charge in [-0.3, -0.25) is 9.59 Å². The second-order valence-electron chi connectivity index (χ2n) is 6.45. The minimum Gasteiger partial charge on any atom is -0.268 e. The maximum absolute atomic E-state index is 12.4. The predicted octanol–water partition coefficient (Wildman–Crippen LogP) is 5.04. The lowest BCUT2D eigenvalue weighted by Gasteiger charge is -2.22. The summed E-state index contributed by atoms with van der Waals surface area (Å²) in [6.07, 6.45) is 6.52. The molecule has 122 valence electrons. The zero-order valence-corrected chi connectivity index (χ0v) is 14.2. The van der Waals surface area contributed by atoms with Crippen LogP contribution in [0.1, 0.15) is 64.3 Å². The first-order valence-corrected chi connectivity index (χ1v) is 9.27. The van der Waals surface area contributed by atoms with Crippen molar-refractivity contribution in [3.63, 3.8) is 0 Å². The summed E-state index contributed by atoms with van der Waals surface area (Å²) in [6, 6.07) is 15.3. The average Bonchev–Trinajstić information content (AvgIpc) is 2.88. The molecule has 0 radical (unpaired) electrons. The van der Waals surface area contributed by atoms with Crippen LogP contribution in [0.2, 0.25) is 0 Å². The highest BCUT2D eigenvalue weighted by atomic mass is 32.2. The van der Waals surface area contributed by atoms with Gasteiger partial charge in [-0.25, -0.2) is 4.31 Å². The molecular weight excluding hydrogens is 318 g/mol. The molecule has 0 atom stereocenters. The van der Waals surface area contributed by atoms with Crippen LogP contribution in [0.15, 0.2) is 53.4 Å². The monoisotopic (exact) mass is 337 g/mol. The van der Waals surface area contributed by atoms with E-state index in [0.29, 0.717) is 17.0 Å². The predicted molar refractivity (Wildman–Crippen MR) is 95.1 cm³/mol. The third-order valence-corrected chi connectivity index (χ3v) is 5.91. The van der Waals surface area contributed by atoms with Gasteiger partial charge in [0.25, 0.3) is 11.8 Å². The summed E-state index contributed by atoms with van der Waals surface area (Å²) in [6.45, 7) is 0. The van der Waals surface area contributed by atoms with Crippen LogP contribution in [0.25, 0.3) is 0 Å². The van der Waals surface area contributed by atoms with E-state index in [0.717, 1.165) is 4.90 Å². The van der Waals surface area contributed by atoms with Gasteiger partial charge in [0.05, 0.1) is 11.1 Å². The quantitative estimate of drug-likeness (QED) is 0.582. The third-order valence-electron chi connectivity index (χ3n) is 4.91. The molecule has 0 aromatic heterocycles. The number of hydrogen-bond acceptors (Lipinski definition) is 3. The molecule has 1 aliphatic carbocycles. The Labute approximate surface area is 146 Å². The van der Waals surface area contributed by atoms with Crippen molar-refractivity contribution < 1.29 is 9.59 Å². The van der Waals surface area contributed by atoms with Crippen molar-refractivity contribution in [1.82, 2.24) is 4.31 Å². The molecule has 2 aliphatic rings. The van der Waals surface area contributed by atoms with E-state index in [1.807, 2.05) is 12.1 Å². The fourth-order valence-electron chi connectivity index (χ4n) is 3.59. The van der Waals surface area contributed by atoms with Gasteiger partial charge >= 0.3 is 0 Å².